The number of carbonyl (C=O) groups is 1. The molecule has 0 aliphatic carbocycles. The number of carbonyl (C=O) groups excluding carboxylic acids is 1. The Balaban J connectivity index is 2.47. The van der Waals surface area contributed by atoms with Crippen LogP contribution in [0.2, 0.25) is 9.36 Å². The average Bonchev–Trinajstić information content (AvgIpc) is 2.62. The lowest BCUT2D eigenvalue weighted by molar-refractivity contribution is 0.103. The summed E-state index contributed by atoms with van der Waals surface area (Å²) in [5, 5.41) is -0.0717. The van der Waals surface area contributed by atoms with Gasteiger partial charge in [0.15, 0.2) is 5.82 Å². The molecule has 0 aliphatic heterocycles. The van der Waals surface area contributed by atoms with E-state index < -0.39 is 11.6 Å². The van der Waals surface area contributed by atoms with E-state index in [1.54, 1.807) is 6.07 Å². The van der Waals surface area contributed by atoms with Gasteiger partial charge in [-0.15, -0.1) is 11.3 Å². The highest BCUT2D eigenvalue weighted by molar-refractivity contribution is 9.10. The first-order valence-corrected chi connectivity index (χ1v) is 6.81. The molecule has 2 aromatic rings. The number of hydrogen-bond acceptors (Lipinski definition) is 2. The van der Waals surface area contributed by atoms with Gasteiger partial charge in [-0.2, -0.15) is 0 Å². The maximum atomic E-state index is 13.7. The van der Waals surface area contributed by atoms with Crippen molar-refractivity contribution in [2.75, 3.05) is 0 Å². The molecular formula is C11H4BrCl2FOS. The fraction of sp³-hybridized carbons (Fsp3) is 0. The van der Waals surface area contributed by atoms with E-state index in [0.717, 1.165) is 11.3 Å². The highest BCUT2D eigenvalue weighted by Crippen LogP contribution is 2.33. The lowest BCUT2D eigenvalue weighted by Crippen LogP contribution is -2.02. The Kier molecular flexibility index (Phi) is 3.88. The molecule has 2 rings (SSSR count). The van der Waals surface area contributed by atoms with Gasteiger partial charge >= 0.3 is 0 Å². The van der Waals surface area contributed by atoms with Gasteiger partial charge in [0.1, 0.15) is 4.34 Å². The molecule has 0 bridgehead atoms. The van der Waals surface area contributed by atoms with Crippen molar-refractivity contribution >= 4 is 56.3 Å². The molecule has 0 aliphatic rings. The van der Waals surface area contributed by atoms with Crippen LogP contribution in [0.25, 0.3) is 0 Å². The van der Waals surface area contributed by atoms with Crippen LogP contribution in [0.15, 0.2) is 28.7 Å². The second-order valence-corrected chi connectivity index (χ2v) is 6.08. The molecule has 0 amide bonds. The largest absolute Gasteiger partial charge is 0.288 e. The summed E-state index contributed by atoms with van der Waals surface area (Å²) >= 11 is 15.7. The van der Waals surface area contributed by atoms with E-state index in [4.69, 9.17) is 23.2 Å². The Morgan fingerprint density at radius 1 is 1.35 bits per heavy atom. The molecule has 17 heavy (non-hydrogen) atoms. The quantitative estimate of drug-likeness (QED) is 0.679. The molecule has 1 aromatic carbocycles. The normalized spacial score (nSPS) is 10.6. The van der Waals surface area contributed by atoms with Crippen LogP contribution in [-0.2, 0) is 0 Å². The zero-order chi connectivity index (χ0) is 12.6. The van der Waals surface area contributed by atoms with Crippen LogP contribution in [0.3, 0.4) is 0 Å². The summed E-state index contributed by atoms with van der Waals surface area (Å²) in [6.07, 6.45) is 0. The molecule has 1 heterocycles. The van der Waals surface area contributed by atoms with E-state index in [0.29, 0.717) is 13.7 Å². The lowest BCUT2D eigenvalue weighted by Gasteiger charge is -2.01. The van der Waals surface area contributed by atoms with Crippen molar-refractivity contribution in [1.29, 1.82) is 0 Å². The molecule has 88 valence electrons. The number of ketones is 1. The van der Waals surface area contributed by atoms with Crippen LogP contribution in [0.1, 0.15) is 15.2 Å². The summed E-state index contributed by atoms with van der Waals surface area (Å²) < 4.78 is 14.7. The molecule has 0 saturated carbocycles. The first kappa shape index (κ1) is 13.0. The lowest BCUT2D eigenvalue weighted by atomic mass is 10.1. The number of hydrogen-bond donors (Lipinski definition) is 0. The van der Waals surface area contributed by atoms with Crippen LogP contribution in [0.4, 0.5) is 4.39 Å². The third kappa shape index (κ3) is 2.55. The fourth-order valence-electron chi connectivity index (χ4n) is 1.27. The van der Waals surface area contributed by atoms with Gasteiger partial charge in [-0.1, -0.05) is 29.3 Å². The van der Waals surface area contributed by atoms with E-state index in [-0.39, 0.29) is 10.6 Å². The van der Waals surface area contributed by atoms with Crippen LogP contribution in [-0.4, -0.2) is 5.78 Å². The molecular weight excluding hydrogens is 350 g/mol. The van der Waals surface area contributed by atoms with E-state index in [9.17, 15) is 9.18 Å². The van der Waals surface area contributed by atoms with Gasteiger partial charge in [0.25, 0.3) is 0 Å². The Bertz CT molecular complexity index is 578. The SMILES string of the molecule is O=C(c1cc(Br)c(Cl)s1)c1cccc(Cl)c1F. The predicted molar refractivity (Wildman–Crippen MR) is 71.9 cm³/mol. The van der Waals surface area contributed by atoms with E-state index in [1.807, 2.05) is 0 Å². The summed E-state index contributed by atoms with van der Waals surface area (Å²) in [4.78, 5) is 12.4. The molecule has 0 atom stereocenters. The summed E-state index contributed by atoms with van der Waals surface area (Å²) in [6.45, 7) is 0. The Hall–Kier alpha value is -0.420. The van der Waals surface area contributed by atoms with Gasteiger partial charge in [-0.05, 0) is 34.1 Å². The molecule has 0 fully saturated rings. The summed E-state index contributed by atoms with van der Waals surface area (Å²) in [6, 6.07) is 5.88. The third-order valence-electron chi connectivity index (χ3n) is 2.07. The van der Waals surface area contributed by atoms with Crippen molar-refractivity contribution in [2.45, 2.75) is 0 Å². The second-order valence-electron chi connectivity index (χ2n) is 3.16. The Morgan fingerprint density at radius 3 is 2.65 bits per heavy atom. The minimum atomic E-state index is -0.709. The number of thiophene rings is 1. The van der Waals surface area contributed by atoms with Crippen molar-refractivity contribution in [3.05, 3.63) is 54.4 Å². The van der Waals surface area contributed by atoms with Gasteiger partial charge < -0.3 is 0 Å². The predicted octanol–water partition coefficient (Wildman–Crippen LogP) is 5.19. The topological polar surface area (TPSA) is 17.1 Å². The molecule has 1 aromatic heterocycles. The van der Waals surface area contributed by atoms with Gasteiger partial charge in [0.05, 0.1) is 15.5 Å². The number of halogens is 4. The van der Waals surface area contributed by atoms with Crippen molar-refractivity contribution < 1.29 is 9.18 Å². The minimum Gasteiger partial charge on any atom is -0.288 e. The van der Waals surface area contributed by atoms with E-state index in [1.165, 1.54) is 18.2 Å². The highest BCUT2D eigenvalue weighted by Gasteiger charge is 2.19. The van der Waals surface area contributed by atoms with E-state index >= 15 is 0 Å². The molecule has 6 heteroatoms. The summed E-state index contributed by atoms with van der Waals surface area (Å²) in [5.41, 5.74) is -0.0529. The summed E-state index contributed by atoms with van der Waals surface area (Å²) in [5.74, 6) is -1.14. The first-order valence-electron chi connectivity index (χ1n) is 4.44. The number of rotatable bonds is 2. The van der Waals surface area contributed by atoms with Crippen LogP contribution < -0.4 is 0 Å². The van der Waals surface area contributed by atoms with Crippen molar-refractivity contribution in [2.24, 2.45) is 0 Å². The van der Waals surface area contributed by atoms with Crippen LogP contribution in [0, 0.1) is 5.82 Å². The zero-order valence-electron chi connectivity index (χ0n) is 8.14. The van der Waals surface area contributed by atoms with Crippen molar-refractivity contribution in [3.63, 3.8) is 0 Å². The van der Waals surface area contributed by atoms with Crippen molar-refractivity contribution in [1.82, 2.24) is 0 Å². The standard InChI is InChI=1S/C11H4BrCl2FOS/c12-6-4-8(17-11(6)14)10(16)5-2-1-3-7(13)9(5)15/h1-4H. The molecule has 0 spiro atoms. The van der Waals surface area contributed by atoms with Crippen LogP contribution in [0.5, 0.6) is 0 Å². The van der Waals surface area contributed by atoms with Crippen LogP contribution >= 0.6 is 50.5 Å². The van der Waals surface area contributed by atoms with Gasteiger partial charge in [0, 0.05) is 4.47 Å². The zero-order valence-corrected chi connectivity index (χ0v) is 12.1. The van der Waals surface area contributed by atoms with E-state index in [2.05, 4.69) is 15.9 Å². The van der Waals surface area contributed by atoms with Crippen molar-refractivity contribution in [3.8, 4) is 0 Å². The fourth-order valence-corrected chi connectivity index (χ4v) is 3.10. The number of benzene rings is 1. The molecule has 0 radical (unpaired) electrons. The Morgan fingerprint density at radius 2 is 2.06 bits per heavy atom. The maximum Gasteiger partial charge on any atom is 0.206 e. The smallest absolute Gasteiger partial charge is 0.206 e. The molecule has 0 N–H and O–H groups in total. The highest BCUT2D eigenvalue weighted by atomic mass is 79.9. The molecule has 0 unspecified atom stereocenters. The first-order chi connectivity index (χ1) is 8.00. The minimum absolute atomic E-state index is 0.0529. The van der Waals surface area contributed by atoms with Gasteiger partial charge in [-0.25, -0.2) is 4.39 Å². The van der Waals surface area contributed by atoms with Gasteiger partial charge in [0.2, 0.25) is 5.78 Å². The van der Waals surface area contributed by atoms with Gasteiger partial charge in [-0.3, -0.25) is 4.79 Å². The second kappa shape index (κ2) is 5.06. The third-order valence-corrected chi connectivity index (χ3v) is 4.83. The average molecular weight is 354 g/mol. The maximum absolute atomic E-state index is 13.7. The molecule has 0 saturated heterocycles. The Labute approximate surface area is 119 Å². The summed E-state index contributed by atoms with van der Waals surface area (Å²) in [7, 11) is 0. The molecule has 1 nitrogen and oxygen atoms in total. The monoisotopic (exact) mass is 352 g/mol.